The molecule has 1 aliphatic rings. The Morgan fingerprint density at radius 3 is 2.69 bits per heavy atom. The highest BCUT2D eigenvalue weighted by molar-refractivity contribution is 7.80. The van der Waals surface area contributed by atoms with Crippen molar-refractivity contribution in [3.63, 3.8) is 0 Å². The topological polar surface area (TPSA) is 71.4 Å². The van der Waals surface area contributed by atoms with Crippen LogP contribution in [0.3, 0.4) is 0 Å². The Morgan fingerprint density at radius 2 is 1.97 bits per heavy atom. The highest BCUT2D eigenvalue weighted by atomic mass is 32.1. The van der Waals surface area contributed by atoms with Gasteiger partial charge in [0.25, 0.3) is 0 Å². The molecule has 35 heavy (non-hydrogen) atoms. The minimum atomic E-state index is -0.111. The number of carbonyl (C=O) groups excluding carboxylic acids is 1. The Bertz CT molecular complexity index is 1190. The summed E-state index contributed by atoms with van der Waals surface area (Å²) in [7, 11) is 1.72. The molecule has 0 radical (unpaired) electrons. The van der Waals surface area contributed by atoms with E-state index in [1.807, 2.05) is 49.4 Å². The molecule has 3 heterocycles. The van der Waals surface area contributed by atoms with Gasteiger partial charge in [-0.1, -0.05) is 18.2 Å². The van der Waals surface area contributed by atoms with Crippen molar-refractivity contribution in [3.8, 4) is 0 Å². The molecule has 2 atom stereocenters. The molecule has 0 bridgehead atoms. The summed E-state index contributed by atoms with van der Waals surface area (Å²) in [6.45, 7) is 8.18. The summed E-state index contributed by atoms with van der Waals surface area (Å²) in [4.78, 5) is 19.5. The van der Waals surface area contributed by atoms with E-state index in [-0.39, 0.29) is 18.0 Å². The number of carbonyl (C=O) groups is 1. The number of aromatic nitrogens is 2. The second kappa shape index (κ2) is 11.0. The van der Waals surface area contributed by atoms with E-state index in [0.717, 1.165) is 23.5 Å². The molecule has 8 heteroatoms. The maximum absolute atomic E-state index is 12.8. The van der Waals surface area contributed by atoms with Crippen LogP contribution in [0.25, 0.3) is 0 Å². The third-order valence-electron chi connectivity index (χ3n) is 6.53. The Labute approximate surface area is 212 Å². The van der Waals surface area contributed by atoms with Crippen molar-refractivity contribution in [2.45, 2.75) is 45.8 Å². The number of rotatable bonds is 9. The molecule has 0 aliphatic carbocycles. The third-order valence-corrected chi connectivity index (χ3v) is 6.88. The smallest absolute Gasteiger partial charge is 0.226 e. The number of thiocarbonyl (C=S) groups is 1. The van der Waals surface area contributed by atoms with Crippen LogP contribution >= 0.6 is 12.2 Å². The number of nitrogens with zero attached hydrogens (tertiary/aromatic N) is 3. The van der Waals surface area contributed by atoms with Crippen molar-refractivity contribution < 1.29 is 9.53 Å². The summed E-state index contributed by atoms with van der Waals surface area (Å²) in [5.41, 5.74) is 6.36. The highest BCUT2D eigenvalue weighted by Crippen LogP contribution is 2.40. The summed E-state index contributed by atoms with van der Waals surface area (Å²) in [5, 5.41) is 7.12. The maximum Gasteiger partial charge on any atom is 0.226 e. The van der Waals surface area contributed by atoms with Crippen LogP contribution in [-0.2, 0) is 16.1 Å². The Morgan fingerprint density at radius 1 is 1.14 bits per heavy atom. The molecule has 2 aromatic heterocycles. The normalized spacial score (nSPS) is 17.5. The molecule has 1 amide bonds. The quantitative estimate of drug-likeness (QED) is 0.431. The SMILES string of the molecule is COCCn1c(C)cc([C@@H]2[C@H](c3ccccn3)NC(=S)N2CCC(=O)Nc2cccc(C)c2)c1C. The number of hydrogen-bond acceptors (Lipinski definition) is 4. The Kier molecular flexibility index (Phi) is 7.83. The third kappa shape index (κ3) is 5.55. The number of benzene rings is 1. The van der Waals surface area contributed by atoms with Gasteiger partial charge in [0.05, 0.1) is 24.4 Å². The number of hydrogen-bond donors (Lipinski definition) is 2. The van der Waals surface area contributed by atoms with E-state index < -0.39 is 0 Å². The van der Waals surface area contributed by atoms with Crippen LogP contribution in [0.15, 0.2) is 54.7 Å². The molecule has 0 unspecified atom stereocenters. The maximum atomic E-state index is 12.8. The second-order valence-corrected chi connectivity index (χ2v) is 9.35. The second-order valence-electron chi connectivity index (χ2n) is 8.96. The van der Waals surface area contributed by atoms with E-state index in [9.17, 15) is 4.79 Å². The molecule has 184 valence electrons. The van der Waals surface area contributed by atoms with Gasteiger partial charge in [0, 0.05) is 49.9 Å². The minimum absolute atomic E-state index is 0.0380. The van der Waals surface area contributed by atoms with Crippen molar-refractivity contribution in [2.75, 3.05) is 25.6 Å². The lowest BCUT2D eigenvalue weighted by atomic mass is 9.96. The first kappa shape index (κ1) is 24.9. The van der Waals surface area contributed by atoms with Crippen molar-refractivity contribution >= 4 is 28.9 Å². The van der Waals surface area contributed by atoms with Crippen molar-refractivity contribution in [1.29, 1.82) is 0 Å². The molecule has 2 N–H and O–H groups in total. The number of amides is 1. The largest absolute Gasteiger partial charge is 0.383 e. The van der Waals surface area contributed by atoms with Gasteiger partial charge in [0.15, 0.2) is 5.11 Å². The summed E-state index contributed by atoms with van der Waals surface area (Å²) in [5.74, 6) is -0.0380. The van der Waals surface area contributed by atoms with E-state index in [1.165, 1.54) is 17.0 Å². The van der Waals surface area contributed by atoms with E-state index in [2.05, 4.69) is 45.0 Å². The summed E-state index contributed by atoms with van der Waals surface area (Å²) < 4.78 is 7.60. The van der Waals surface area contributed by atoms with Gasteiger partial charge >= 0.3 is 0 Å². The fourth-order valence-corrected chi connectivity index (χ4v) is 5.14. The lowest BCUT2D eigenvalue weighted by Gasteiger charge is -2.28. The average molecular weight is 492 g/mol. The van der Waals surface area contributed by atoms with Crippen LogP contribution in [0.4, 0.5) is 5.69 Å². The molecule has 0 spiro atoms. The van der Waals surface area contributed by atoms with Gasteiger partial charge in [-0.25, -0.2) is 0 Å². The van der Waals surface area contributed by atoms with Crippen LogP contribution in [0.5, 0.6) is 0 Å². The standard InChI is InChI=1S/C27H33N5O2S/c1-18-8-7-9-21(16-18)29-24(33)11-13-32-26(22-17-19(2)31(20(22)3)14-15-34-4)25(30-27(32)35)23-10-5-6-12-28-23/h5-10,12,16-17,25-26H,11,13-15H2,1-4H3,(H,29,33)(H,30,35)/t25-,26+/m0/s1. The van der Waals surface area contributed by atoms with Gasteiger partial charge in [0.2, 0.25) is 5.91 Å². The van der Waals surface area contributed by atoms with Crippen molar-refractivity contribution in [3.05, 3.63) is 82.9 Å². The summed E-state index contributed by atoms with van der Waals surface area (Å²) in [6.07, 6.45) is 2.13. The fraction of sp³-hybridized carbons (Fsp3) is 0.370. The number of nitrogens with one attached hydrogen (secondary N) is 2. The number of pyridine rings is 1. The van der Waals surface area contributed by atoms with Gasteiger partial charge in [-0.05, 0) is 74.4 Å². The lowest BCUT2D eigenvalue weighted by molar-refractivity contribution is -0.116. The molecular weight excluding hydrogens is 458 g/mol. The van der Waals surface area contributed by atoms with Crippen LogP contribution in [0.1, 0.15) is 46.7 Å². The van der Waals surface area contributed by atoms with Gasteiger partial charge < -0.3 is 24.8 Å². The lowest BCUT2D eigenvalue weighted by Crippen LogP contribution is -2.33. The van der Waals surface area contributed by atoms with Crippen LogP contribution in [0.2, 0.25) is 0 Å². The zero-order valence-corrected chi connectivity index (χ0v) is 21.6. The van der Waals surface area contributed by atoms with E-state index in [4.69, 9.17) is 17.0 Å². The molecular formula is C27H33N5O2S. The summed E-state index contributed by atoms with van der Waals surface area (Å²) in [6, 6.07) is 15.8. The molecule has 3 aromatic rings. The van der Waals surface area contributed by atoms with E-state index in [1.54, 1.807) is 13.3 Å². The Hall–Kier alpha value is -3.23. The molecule has 1 saturated heterocycles. The molecule has 7 nitrogen and oxygen atoms in total. The van der Waals surface area contributed by atoms with E-state index >= 15 is 0 Å². The average Bonchev–Trinajstić information content (AvgIpc) is 3.31. The predicted molar refractivity (Wildman–Crippen MR) is 142 cm³/mol. The molecule has 1 fully saturated rings. The first-order valence-electron chi connectivity index (χ1n) is 11.9. The predicted octanol–water partition coefficient (Wildman–Crippen LogP) is 4.46. The Balaban J connectivity index is 1.60. The number of anilines is 1. The summed E-state index contributed by atoms with van der Waals surface area (Å²) >= 11 is 5.77. The highest BCUT2D eigenvalue weighted by Gasteiger charge is 2.41. The van der Waals surface area contributed by atoms with Crippen molar-refractivity contribution in [1.82, 2.24) is 19.8 Å². The van der Waals surface area contributed by atoms with Crippen LogP contribution in [0, 0.1) is 20.8 Å². The van der Waals surface area contributed by atoms with E-state index in [0.29, 0.717) is 24.7 Å². The van der Waals surface area contributed by atoms with Gasteiger partial charge in [-0.15, -0.1) is 0 Å². The van der Waals surface area contributed by atoms with Crippen LogP contribution in [-0.4, -0.2) is 45.7 Å². The monoisotopic (exact) mass is 491 g/mol. The first-order chi connectivity index (χ1) is 16.9. The molecule has 0 saturated carbocycles. The number of methoxy groups -OCH3 is 1. The first-order valence-corrected chi connectivity index (χ1v) is 12.3. The van der Waals surface area contributed by atoms with Crippen LogP contribution < -0.4 is 10.6 Å². The fourth-order valence-electron chi connectivity index (χ4n) is 4.81. The molecule has 4 rings (SSSR count). The van der Waals surface area contributed by atoms with Gasteiger partial charge in [0.1, 0.15) is 0 Å². The van der Waals surface area contributed by atoms with Gasteiger partial charge in [-0.2, -0.15) is 0 Å². The van der Waals surface area contributed by atoms with Gasteiger partial charge in [-0.3, -0.25) is 9.78 Å². The molecule has 1 aliphatic heterocycles. The zero-order chi connectivity index (χ0) is 24.9. The van der Waals surface area contributed by atoms with Crippen molar-refractivity contribution in [2.24, 2.45) is 0 Å². The molecule has 1 aromatic carbocycles. The minimum Gasteiger partial charge on any atom is -0.383 e. The zero-order valence-electron chi connectivity index (χ0n) is 20.7. The number of aryl methyl sites for hydroxylation is 2. The number of ether oxygens (including phenoxy) is 1.